The van der Waals surface area contributed by atoms with E-state index in [4.69, 9.17) is 18.9 Å². The van der Waals surface area contributed by atoms with E-state index in [1.54, 1.807) is 0 Å². The van der Waals surface area contributed by atoms with E-state index in [0.717, 1.165) is 31.6 Å². The normalized spacial score (nSPS) is 17.4. The van der Waals surface area contributed by atoms with Gasteiger partial charge in [0.1, 0.15) is 6.10 Å². The van der Waals surface area contributed by atoms with E-state index in [0.29, 0.717) is 25.9 Å². The molecule has 0 amide bonds. The summed E-state index contributed by atoms with van der Waals surface area (Å²) >= 11 is 0. The van der Waals surface area contributed by atoms with Crippen LogP contribution in [-0.4, -0.2) is 39.1 Å². The van der Waals surface area contributed by atoms with Gasteiger partial charge in [-0.15, -0.1) is 0 Å². The average Bonchev–Trinajstić information content (AvgIpc) is 3.57. The Morgan fingerprint density at radius 2 is 1.59 bits per heavy atom. The number of epoxide rings is 1. The minimum absolute atomic E-state index is 0.260. The van der Waals surface area contributed by atoms with Crippen LogP contribution in [-0.2, 0) is 24.7 Å². The predicted octanol–water partition coefficient (Wildman–Crippen LogP) is 6.08. The molecule has 29 heavy (non-hydrogen) atoms. The third-order valence-corrected chi connectivity index (χ3v) is 5.65. The highest BCUT2D eigenvalue weighted by Gasteiger charge is 2.42. The van der Waals surface area contributed by atoms with Crippen molar-refractivity contribution in [1.29, 1.82) is 0 Å². The minimum atomic E-state index is -0.701. The van der Waals surface area contributed by atoms with Crippen molar-refractivity contribution in [3.63, 3.8) is 0 Å². The zero-order chi connectivity index (χ0) is 20.8. The molecule has 1 aliphatic rings. The van der Waals surface area contributed by atoms with Crippen molar-refractivity contribution >= 4 is 0 Å². The Morgan fingerprint density at radius 3 is 2.21 bits per heavy atom. The number of hydrogen-bond donors (Lipinski definition) is 0. The molecule has 0 saturated carbocycles. The van der Waals surface area contributed by atoms with Gasteiger partial charge in [-0.3, -0.25) is 0 Å². The molecular formula is C25H42O4. The third-order valence-electron chi connectivity index (χ3n) is 5.65. The van der Waals surface area contributed by atoms with E-state index in [1.165, 1.54) is 38.5 Å². The average molecular weight is 407 g/mol. The fourth-order valence-corrected chi connectivity index (χ4v) is 4.08. The molecule has 0 bridgehead atoms. The molecule has 1 aromatic carbocycles. The van der Waals surface area contributed by atoms with Crippen LogP contribution < -0.4 is 0 Å². The van der Waals surface area contributed by atoms with Gasteiger partial charge >= 0.3 is 0 Å². The maximum atomic E-state index is 6.40. The van der Waals surface area contributed by atoms with Crippen LogP contribution in [0.3, 0.4) is 0 Å². The van der Waals surface area contributed by atoms with Gasteiger partial charge in [0.05, 0.1) is 13.2 Å². The smallest absolute Gasteiger partial charge is 0.197 e. The topological polar surface area (TPSA) is 40.2 Å². The van der Waals surface area contributed by atoms with E-state index in [2.05, 4.69) is 45.0 Å². The maximum Gasteiger partial charge on any atom is 0.197 e. The highest BCUT2D eigenvalue weighted by molar-refractivity contribution is 5.21. The molecule has 1 saturated heterocycles. The second kappa shape index (κ2) is 14.1. The number of rotatable bonds is 18. The summed E-state index contributed by atoms with van der Waals surface area (Å²) in [7, 11) is 0. The molecule has 0 radical (unpaired) electrons. The molecule has 166 valence electrons. The van der Waals surface area contributed by atoms with Gasteiger partial charge in [-0.05, 0) is 26.7 Å². The van der Waals surface area contributed by atoms with Gasteiger partial charge in [-0.2, -0.15) is 0 Å². The fourth-order valence-electron chi connectivity index (χ4n) is 4.08. The standard InChI is InChI=1S/C25H42O4/c1-4-7-8-9-10-12-17-23(18-19-26-20-24-21-27-24)25(28-5-2,29-6-3)22-15-13-11-14-16-22/h11,13-16,23-24H,4-10,12,17-21H2,1-3H3. The third kappa shape index (κ3) is 8.37. The minimum Gasteiger partial charge on any atom is -0.379 e. The lowest BCUT2D eigenvalue weighted by Crippen LogP contribution is -2.42. The van der Waals surface area contributed by atoms with Gasteiger partial charge in [0, 0.05) is 31.3 Å². The summed E-state index contributed by atoms with van der Waals surface area (Å²) in [5.41, 5.74) is 1.12. The molecule has 0 N–H and O–H groups in total. The maximum absolute atomic E-state index is 6.40. The van der Waals surface area contributed by atoms with Crippen molar-refractivity contribution in [1.82, 2.24) is 0 Å². The molecular weight excluding hydrogens is 364 g/mol. The summed E-state index contributed by atoms with van der Waals surface area (Å²) in [5.74, 6) is -0.440. The molecule has 0 aliphatic carbocycles. The summed E-state index contributed by atoms with van der Waals surface area (Å²) < 4.78 is 24.0. The van der Waals surface area contributed by atoms with Gasteiger partial charge in [-0.25, -0.2) is 0 Å². The molecule has 0 aromatic heterocycles. The van der Waals surface area contributed by atoms with E-state index in [1.807, 2.05) is 6.07 Å². The Balaban J connectivity index is 2.07. The number of ether oxygens (including phenoxy) is 4. The van der Waals surface area contributed by atoms with Crippen LogP contribution in [0.4, 0.5) is 0 Å². The highest BCUT2D eigenvalue weighted by atomic mass is 16.7. The first kappa shape index (κ1) is 24.3. The SMILES string of the molecule is CCCCCCCCC(CCOCC1CO1)C(OCC)(OCC)c1ccccc1. The zero-order valence-corrected chi connectivity index (χ0v) is 18.9. The summed E-state index contributed by atoms with van der Waals surface area (Å²) in [6.07, 6.45) is 10.1. The van der Waals surface area contributed by atoms with Crippen LogP contribution in [0.15, 0.2) is 30.3 Å². The van der Waals surface area contributed by atoms with E-state index in [9.17, 15) is 0 Å². The van der Waals surface area contributed by atoms with Crippen LogP contribution >= 0.6 is 0 Å². The second-order valence-electron chi connectivity index (χ2n) is 7.97. The predicted molar refractivity (Wildman–Crippen MR) is 118 cm³/mol. The molecule has 2 unspecified atom stereocenters. The Bertz CT molecular complexity index is 509. The van der Waals surface area contributed by atoms with Gasteiger partial charge in [0.2, 0.25) is 0 Å². The van der Waals surface area contributed by atoms with E-state index in [-0.39, 0.29) is 5.92 Å². The van der Waals surface area contributed by atoms with Crippen LogP contribution in [0.2, 0.25) is 0 Å². The second-order valence-corrected chi connectivity index (χ2v) is 7.97. The summed E-state index contributed by atoms with van der Waals surface area (Å²) in [6.45, 7) is 9.88. The molecule has 1 heterocycles. The summed E-state index contributed by atoms with van der Waals surface area (Å²) in [5, 5.41) is 0. The molecule has 1 aromatic rings. The van der Waals surface area contributed by atoms with E-state index >= 15 is 0 Å². The first-order valence-corrected chi connectivity index (χ1v) is 11.8. The van der Waals surface area contributed by atoms with Gasteiger partial charge < -0.3 is 18.9 Å². The van der Waals surface area contributed by atoms with Crippen LogP contribution in [0.25, 0.3) is 0 Å². The molecule has 2 atom stereocenters. The Kier molecular flexibility index (Phi) is 11.9. The van der Waals surface area contributed by atoms with Gasteiger partial charge in [0.15, 0.2) is 5.79 Å². The monoisotopic (exact) mass is 406 g/mol. The molecule has 0 spiro atoms. The Morgan fingerprint density at radius 1 is 0.931 bits per heavy atom. The molecule has 4 nitrogen and oxygen atoms in total. The summed E-state index contributed by atoms with van der Waals surface area (Å²) in [6, 6.07) is 10.5. The lowest BCUT2D eigenvalue weighted by molar-refractivity contribution is -0.278. The Labute approximate surface area is 178 Å². The molecule has 1 fully saturated rings. The molecule has 4 heteroatoms. The van der Waals surface area contributed by atoms with Crippen molar-refractivity contribution in [3.05, 3.63) is 35.9 Å². The van der Waals surface area contributed by atoms with Crippen LogP contribution in [0.1, 0.15) is 77.7 Å². The van der Waals surface area contributed by atoms with Crippen LogP contribution in [0.5, 0.6) is 0 Å². The zero-order valence-electron chi connectivity index (χ0n) is 18.9. The number of hydrogen-bond acceptors (Lipinski definition) is 4. The number of unbranched alkanes of at least 4 members (excludes halogenated alkanes) is 5. The first-order valence-electron chi connectivity index (χ1n) is 11.8. The van der Waals surface area contributed by atoms with Crippen molar-refractivity contribution in [2.45, 2.75) is 84.0 Å². The van der Waals surface area contributed by atoms with Crippen molar-refractivity contribution in [2.75, 3.05) is 33.0 Å². The Hall–Kier alpha value is -0.940. The lowest BCUT2D eigenvalue weighted by Gasteiger charge is -2.40. The van der Waals surface area contributed by atoms with Crippen LogP contribution in [0, 0.1) is 5.92 Å². The molecule has 2 rings (SSSR count). The van der Waals surface area contributed by atoms with Crippen molar-refractivity contribution in [3.8, 4) is 0 Å². The molecule has 1 aliphatic heterocycles. The fraction of sp³-hybridized carbons (Fsp3) is 0.760. The number of benzene rings is 1. The first-order chi connectivity index (χ1) is 14.3. The summed E-state index contributed by atoms with van der Waals surface area (Å²) in [4.78, 5) is 0. The van der Waals surface area contributed by atoms with Crippen molar-refractivity contribution < 1.29 is 18.9 Å². The van der Waals surface area contributed by atoms with E-state index < -0.39 is 5.79 Å². The highest BCUT2D eigenvalue weighted by Crippen LogP contribution is 2.40. The van der Waals surface area contributed by atoms with Gasteiger partial charge in [-0.1, -0.05) is 75.8 Å². The van der Waals surface area contributed by atoms with Crippen molar-refractivity contribution in [2.24, 2.45) is 5.92 Å². The largest absolute Gasteiger partial charge is 0.379 e. The quantitative estimate of drug-likeness (QED) is 0.168. The lowest BCUT2D eigenvalue weighted by atomic mass is 9.84. The van der Waals surface area contributed by atoms with Gasteiger partial charge in [0.25, 0.3) is 0 Å².